The molecule has 0 heterocycles. The quantitative estimate of drug-likeness (QED) is 0.920. The average molecular weight is 282 g/mol. The lowest BCUT2D eigenvalue weighted by atomic mass is 10.2. The minimum atomic E-state index is -4.52. The number of rotatable bonds is 4. The van der Waals surface area contributed by atoms with E-state index in [1.165, 1.54) is 18.2 Å². The lowest BCUT2D eigenvalue weighted by Crippen LogP contribution is -2.40. The summed E-state index contributed by atoms with van der Waals surface area (Å²) in [4.78, 5) is 12.4. The number of hydrogen-bond acceptors (Lipinski definition) is 2. The molecule has 0 atom stereocenters. The highest BCUT2D eigenvalue weighted by Crippen LogP contribution is 2.21. The first-order valence-electron chi connectivity index (χ1n) is 5.06. The van der Waals surface area contributed by atoms with Crippen molar-refractivity contribution in [2.45, 2.75) is 6.18 Å². The lowest BCUT2D eigenvalue weighted by Gasteiger charge is -2.23. The second kappa shape index (κ2) is 6.06. The van der Waals surface area contributed by atoms with Crippen molar-refractivity contribution in [3.63, 3.8) is 0 Å². The molecule has 0 aliphatic heterocycles. The zero-order chi connectivity index (χ0) is 13.8. The Morgan fingerprint density at radius 3 is 2.44 bits per heavy atom. The van der Waals surface area contributed by atoms with Crippen LogP contribution < -0.4 is 0 Å². The molecular formula is C11H11ClF3NO2. The van der Waals surface area contributed by atoms with Crippen molar-refractivity contribution in [3.05, 3.63) is 34.9 Å². The normalized spacial score (nSPS) is 11.4. The van der Waals surface area contributed by atoms with Crippen molar-refractivity contribution in [2.24, 2.45) is 0 Å². The largest absolute Gasteiger partial charge is 0.406 e. The number of carbonyl (C=O) groups excluding carboxylic acids is 1. The number of halogens is 4. The molecule has 0 spiro atoms. The molecular weight excluding hydrogens is 271 g/mol. The summed E-state index contributed by atoms with van der Waals surface area (Å²) >= 11 is 5.74. The van der Waals surface area contributed by atoms with Gasteiger partial charge in [0.1, 0.15) is 6.54 Å². The van der Waals surface area contributed by atoms with E-state index in [0.717, 1.165) is 0 Å². The lowest BCUT2D eigenvalue weighted by molar-refractivity contribution is -0.141. The van der Waals surface area contributed by atoms with Crippen LogP contribution in [0.5, 0.6) is 0 Å². The van der Waals surface area contributed by atoms with E-state index in [9.17, 15) is 18.0 Å². The number of benzene rings is 1. The number of aliphatic hydroxyl groups excluding tert-OH is 1. The number of hydrogen-bond donors (Lipinski definition) is 1. The summed E-state index contributed by atoms with van der Waals surface area (Å²) in [7, 11) is 0. The fraction of sp³-hybridized carbons (Fsp3) is 0.364. The van der Waals surface area contributed by atoms with Crippen molar-refractivity contribution in [1.82, 2.24) is 4.90 Å². The third-order valence-electron chi connectivity index (χ3n) is 2.13. The Balaban J connectivity index is 2.93. The van der Waals surface area contributed by atoms with E-state index in [0.29, 0.717) is 4.90 Å². The first-order chi connectivity index (χ1) is 8.35. The van der Waals surface area contributed by atoms with Gasteiger partial charge in [0.25, 0.3) is 5.91 Å². The summed E-state index contributed by atoms with van der Waals surface area (Å²) in [6.07, 6.45) is -4.52. The third kappa shape index (κ3) is 4.19. The van der Waals surface area contributed by atoms with Gasteiger partial charge in [-0.15, -0.1) is 0 Å². The third-order valence-corrected chi connectivity index (χ3v) is 2.46. The van der Waals surface area contributed by atoms with E-state index in [1.54, 1.807) is 6.07 Å². The SMILES string of the molecule is O=C(c1ccccc1Cl)N(CCO)CC(F)(F)F. The fourth-order valence-electron chi connectivity index (χ4n) is 1.39. The highest BCUT2D eigenvalue weighted by atomic mass is 35.5. The van der Waals surface area contributed by atoms with E-state index in [4.69, 9.17) is 16.7 Å². The van der Waals surface area contributed by atoms with Crippen LogP contribution in [0.3, 0.4) is 0 Å². The minimum Gasteiger partial charge on any atom is -0.395 e. The Labute approximate surface area is 107 Å². The average Bonchev–Trinajstić information content (AvgIpc) is 2.26. The Morgan fingerprint density at radius 2 is 1.94 bits per heavy atom. The van der Waals surface area contributed by atoms with Gasteiger partial charge in [-0.05, 0) is 12.1 Å². The molecule has 3 nitrogen and oxygen atoms in total. The zero-order valence-electron chi connectivity index (χ0n) is 9.25. The van der Waals surface area contributed by atoms with Crippen molar-refractivity contribution < 1.29 is 23.1 Å². The Bertz CT molecular complexity index is 423. The van der Waals surface area contributed by atoms with Crippen molar-refractivity contribution in [2.75, 3.05) is 19.7 Å². The molecule has 0 aromatic heterocycles. The first-order valence-corrected chi connectivity index (χ1v) is 5.44. The molecule has 0 radical (unpaired) electrons. The van der Waals surface area contributed by atoms with Gasteiger partial charge in [-0.25, -0.2) is 0 Å². The fourth-order valence-corrected chi connectivity index (χ4v) is 1.61. The molecule has 0 fully saturated rings. The first kappa shape index (κ1) is 14.8. The maximum atomic E-state index is 12.3. The van der Waals surface area contributed by atoms with Crippen LogP contribution in [0.1, 0.15) is 10.4 Å². The monoisotopic (exact) mass is 281 g/mol. The van der Waals surface area contributed by atoms with Gasteiger partial charge in [0.05, 0.1) is 17.2 Å². The van der Waals surface area contributed by atoms with E-state index >= 15 is 0 Å². The molecule has 1 N–H and O–H groups in total. The summed E-state index contributed by atoms with van der Waals surface area (Å²) in [6.45, 7) is -2.37. The van der Waals surface area contributed by atoms with Gasteiger partial charge >= 0.3 is 6.18 Å². The summed E-state index contributed by atoms with van der Waals surface area (Å²) in [6, 6.07) is 5.83. The van der Waals surface area contributed by atoms with E-state index in [2.05, 4.69) is 0 Å². The van der Waals surface area contributed by atoms with E-state index < -0.39 is 31.8 Å². The van der Waals surface area contributed by atoms with Crippen molar-refractivity contribution >= 4 is 17.5 Å². The molecule has 1 rings (SSSR count). The highest BCUT2D eigenvalue weighted by molar-refractivity contribution is 6.33. The van der Waals surface area contributed by atoms with Gasteiger partial charge in [0.2, 0.25) is 0 Å². The highest BCUT2D eigenvalue weighted by Gasteiger charge is 2.33. The Hall–Kier alpha value is -1.27. The molecule has 0 unspecified atom stereocenters. The van der Waals surface area contributed by atoms with Crippen molar-refractivity contribution in [1.29, 1.82) is 0 Å². The zero-order valence-corrected chi connectivity index (χ0v) is 10.0. The van der Waals surface area contributed by atoms with Crippen LogP contribution in [0.2, 0.25) is 5.02 Å². The standard InChI is InChI=1S/C11H11ClF3NO2/c12-9-4-2-1-3-8(9)10(18)16(5-6-17)7-11(13,14)15/h1-4,17H,5-7H2. The molecule has 7 heteroatoms. The molecule has 18 heavy (non-hydrogen) atoms. The summed E-state index contributed by atoms with van der Waals surface area (Å²) in [5.41, 5.74) is -0.0168. The van der Waals surface area contributed by atoms with Crippen LogP contribution >= 0.6 is 11.6 Å². The van der Waals surface area contributed by atoms with E-state index in [-0.39, 0.29) is 10.6 Å². The van der Waals surface area contributed by atoms with Gasteiger partial charge in [-0.3, -0.25) is 4.79 Å². The van der Waals surface area contributed by atoms with E-state index in [1.807, 2.05) is 0 Å². The maximum Gasteiger partial charge on any atom is 0.406 e. The van der Waals surface area contributed by atoms with Crippen LogP contribution in [0.25, 0.3) is 0 Å². The molecule has 0 saturated carbocycles. The van der Waals surface area contributed by atoms with Crippen LogP contribution in [0, 0.1) is 0 Å². The predicted octanol–water partition coefficient (Wildman–Crippen LogP) is 2.34. The van der Waals surface area contributed by atoms with Gasteiger partial charge in [-0.2, -0.15) is 13.2 Å². The number of amides is 1. The number of nitrogens with zero attached hydrogens (tertiary/aromatic N) is 1. The predicted molar refractivity (Wildman–Crippen MR) is 60.5 cm³/mol. The molecule has 1 amide bonds. The minimum absolute atomic E-state index is 0.0168. The molecule has 1 aromatic rings. The second-order valence-corrected chi connectivity index (χ2v) is 3.95. The van der Waals surface area contributed by atoms with Crippen LogP contribution in [0.4, 0.5) is 13.2 Å². The Kier molecular flexibility index (Phi) is 4.98. The van der Waals surface area contributed by atoms with Crippen molar-refractivity contribution in [3.8, 4) is 0 Å². The van der Waals surface area contributed by atoms with Gasteiger partial charge in [-0.1, -0.05) is 23.7 Å². The van der Waals surface area contributed by atoms with Crippen LogP contribution in [0.15, 0.2) is 24.3 Å². The second-order valence-electron chi connectivity index (χ2n) is 3.55. The number of alkyl halides is 3. The molecule has 0 bridgehead atoms. The molecule has 100 valence electrons. The van der Waals surface area contributed by atoms with Gasteiger partial charge < -0.3 is 10.0 Å². The molecule has 0 saturated heterocycles. The molecule has 1 aromatic carbocycles. The molecule has 0 aliphatic carbocycles. The van der Waals surface area contributed by atoms with Gasteiger partial charge in [0.15, 0.2) is 0 Å². The molecule has 0 aliphatic rings. The Morgan fingerprint density at radius 1 is 1.33 bits per heavy atom. The van der Waals surface area contributed by atoms with Gasteiger partial charge in [0, 0.05) is 6.54 Å². The number of aliphatic hydroxyl groups is 1. The summed E-state index contributed by atoms with van der Waals surface area (Å²) in [5, 5.41) is 8.78. The maximum absolute atomic E-state index is 12.3. The smallest absolute Gasteiger partial charge is 0.395 e. The summed E-state index contributed by atoms with van der Waals surface area (Å²) in [5.74, 6) is -0.855. The van der Waals surface area contributed by atoms with Crippen LogP contribution in [-0.4, -0.2) is 41.8 Å². The number of carbonyl (C=O) groups is 1. The van der Waals surface area contributed by atoms with Crippen LogP contribution in [-0.2, 0) is 0 Å². The topological polar surface area (TPSA) is 40.5 Å². The summed E-state index contributed by atoms with van der Waals surface area (Å²) < 4.78 is 36.9.